The molecule has 0 bridgehead atoms. The molecule has 0 aliphatic carbocycles. The van der Waals surface area contributed by atoms with E-state index in [4.69, 9.17) is 4.74 Å². The summed E-state index contributed by atoms with van der Waals surface area (Å²) >= 11 is 1.15. The highest BCUT2D eigenvalue weighted by Gasteiger charge is 2.12. The standard InChI is InChI=1S/C12H9N3O2S/c1-17-8-4-2-3-7(5-8)9-10-11(18-15-9)12(16)14-6-13-10/h2-6H,1H3,(H,13,14,16). The number of hydrogen-bond donors (Lipinski definition) is 1. The monoisotopic (exact) mass is 259 g/mol. The SMILES string of the molecule is COc1cccc(-c2nsc3c(=O)[nH]cnc23)c1. The molecule has 2 aromatic heterocycles. The lowest BCUT2D eigenvalue weighted by atomic mass is 10.1. The van der Waals surface area contributed by atoms with Gasteiger partial charge in [0.05, 0.1) is 13.4 Å². The van der Waals surface area contributed by atoms with Gasteiger partial charge in [0.25, 0.3) is 5.56 Å². The molecule has 0 saturated heterocycles. The lowest BCUT2D eigenvalue weighted by Crippen LogP contribution is -2.03. The number of fused-ring (bicyclic) bond motifs is 1. The third-order valence-electron chi connectivity index (χ3n) is 2.61. The van der Waals surface area contributed by atoms with E-state index in [1.807, 2.05) is 24.3 Å². The molecular weight excluding hydrogens is 250 g/mol. The summed E-state index contributed by atoms with van der Waals surface area (Å²) < 4.78 is 10.0. The Hall–Kier alpha value is -2.21. The average molecular weight is 259 g/mol. The number of benzene rings is 1. The third kappa shape index (κ3) is 1.67. The smallest absolute Gasteiger partial charge is 0.270 e. The van der Waals surface area contributed by atoms with Crippen LogP contribution in [0.5, 0.6) is 5.75 Å². The zero-order chi connectivity index (χ0) is 12.5. The van der Waals surface area contributed by atoms with E-state index in [1.165, 1.54) is 6.33 Å². The Morgan fingerprint density at radius 1 is 1.39 bits per heavy atom. The molecule has 1 N–H and O–H groups in total. The maximum Gasteiger partial charge on any atom is 0.270 e. The van der Waals surface area contributed by atoms with Crippen LogP contribution in [0.15, 0.2) is 35.4 Å². The highest BCUT2D eigenvalue weighted by atomic mass is 32.1. The maximum absolute atomic E-state index is 11.6. The molecule has 0 spiro atoms. The minimum atomic E-state index is -0.161. The van der Waals surface area contributed by atoms with Crippen LogP contribution in [0.3, 0.4) is 0 Å². The molecule has 0 saturated carbocycles. The van der Waals surface area contributed by atoms with Crippen LogP contribution in [-0.2, 0) is 0 Å². The summed E-state index contributed by atoms with van der Waals surface area (Å²) in [4.78, 5) is 18.3. The molecule has 0 fully saturated rings. The maximum atomic E-state index is 11.6. The van der Waals surface area contributed by atoms with E-state index in [-0.39, 0.29) is 5.56 Å². The Labute approximate surface area is 106 Å². The summed E-state index contributed by atoms with van der Waals surface area (Å²) in [5, 5.41) is 0. The van der Waals surface area contributed by atoms with Gasteiger partial charge in [0, 0.05) is 5.56 Å². The quantitative estimate of drug-likeness (QED) is 0.764. The summed E-state index contributed by atoms with van der Waals surface area (Å²) in [5.41, 5.74) is 2.06. The van der Waals surface area contributed by atoms with Gasteiger partial charge in [-0.15, -0.1) is 0 Å². The second-order valence-electron chi connectivity index (χ2n) is 3.67. The summed E-state index contributed by atoms with van der Waals surface area (Å²) in [5.74, 6) is 0.749. The van der Waals surface area contributed by atoms with Crippen molar-refractivity contribution in [3.05, 3.63) is 40.9 Å². The third-order valence-corrected chi connectivity index (χ3v) is 3.44. The number of nitrogens with zero attached hydrogens (tertiary/aromatic N) is 2. The molecule has 18 heavy (non-hydrogen) atoms. The average Bonchev–Trinajstić information content (AvgIpc) is 2.84. The fourth-order valence-corrected chi connectivity index (χ4v) is 2.49. The minimum Gasteiger partial charge on any atom is -0.497 e. The van der Waals surface area contributed by atoms with Crippen molar-refractivity contribution < 1.29 is 4.74 Å². The first kappa shape index (κ1) is 10.9. The lowest BCUT2D eigenvalue weighted by Gasteiger charge is -2.01. The van der Waals surface area contributed by atoms with Crippen LogP contribution >= 0.6 is 11.5 Å². The van der Waals surface area contributed by atoms with E-state index in [0.29, 0.717) is 15.9 Å². The molecule has 0 amide bonds. The molecule has 0 aliphatic heterocycles. The Kier molecular flexibility index (Phi) is 2.56. The highest BCUT2D eigenvalue weighted by molar-refractivity contribution is 7.13. The molecule has 1 aromatic carbocycles. The molecule has 5 nitrogen and oxygen atoms in total. The van der Waals surface area contributed by atoms with Crippen LogP contribution < -0.4 is 10.3 Å². The largest absolute Gasteiger partial charge is 0.497 e. The van der Waals surface area contributed by atoms with Crippen molar-refractivity contribution in [3.8, 4) is 17.0 Å². The number of nitrogens with one attached hydrogen (secondary N) is 1. The van der Waals surface area contributed by atoms with Gasteiger partial charge in [-0.3, -0.25) is 4.79 Å². The fraction of sp³-hybridized carbons (Fsp3) is 0.0833. The Bertz CT molecular complexity index is 763. The van der Waals surface area contributed by atoms with E-state index in [2.05, 4.69) is 14.3 Å². The number of aromatic nitrogens is 3. The first-order chi connectivity index (χ1) is 8.79. The summed E-state index contributed by atoms with van der Waals surface area (Å²) in [7, 11) is 1.61. The molecule has 90 valence electrons. The van der Waals surface area contributed by atoms with E-state index in [0.717, 1.165) is 22.8 Å². The van der Waals surface area contributed by atoms with Gasteiger partial charge in [0.2, 0.25) is 0 Å². The summed E-state index contributed by atoms with van der Waals surface area (Å²) in [6.45, 7) is 0. The first-order valence-corrected chi connectivity index (χ1v) is 6.04. The van der Waals surface area contributed by atoms with Crippen LogP contribution in [0.1, 0.15) is 0 Å². The van der Waals surface area contributed by atoms with Gasteiger partial charge in [0.1, 0.15) is 21.7 Å². The zero-order valence-corrected chi connectivity index (χ0v) is 10.3. The molecule has 2 heterocycles. The number of methoxy groups -OCH3 is 1. The number of ether oxygens (including phenoxy) is 1. The topological polar surface area (TPSA) is 67.9 Å². The molecule has 0 unspecified atom stereocenters. The van der Waals surface area contributed by atoms with Crippen molar-refractivity contribution in [2.45, 2.75) is 0 Å². The van der Waals surface area contributed by atoms with E-state index < -0.39 is 0 Å². The van der Waals surface area contributed by atoms with Crippen LogP contribution in [-0.4, -0.2) is 21.5 Å². The van der Waals surface area contributed by atoms with Crippen LogP contribution in [0.25, 0.3) is 21.5 Å². The second kappa shape index (κ2) is 4.23. The second-order valence-corrected chi connectivity index (χ2v) is 4.45. The van der Waals surface area contributed by atoms with E-state index in [1.54, 1.807) is 7.11 Å². The molecule has 6 heteroatoms. The molecular formula is C12H9N3O2S. The van der Waals surface area contributed by atoms with Gasteiger partial charge in [-0.1, -0.05) is 12.1 Å². The van der Waals surface area contributed by atoms with E-state index in [9.17, 15) is 4.79 Å². The van der Waals surface area contributed by atoms with Crippen molar-refractivity contribution in [3.63, 3.8) is 0 Å². The Balaban J connectivity index is 2.25. The first-order valence-electron chi connectivity index (χ1n) is 5.27. The van der Waals surface area contributed by atoms with Gasteiger partial charge in [-0.05, 0) is 23.7 Å². The minimum absolute atomic E-state index is 0.161. The molecule has 3 rings (SSSR count). The number of rotatable bonds is 2. The van der Waals surface area contributed by atoms with Crippen molar-refractivity contribution in [1.29, 1.82) is 0 Å². The van der Waals surface area contributed by atoms with Gasteiger partial charge in [-0.25, -0.2) is 4.98 Å². The van der Waals surface area contributed by atoms with Gasteiger partial charge in [0.15, 0.2) is 0 Å². The Morgan fingerprint density at radius 3 is 3.11 bits per heavy atom. The lowest BCUT2D eigenvalue weighted by molar-refractivity contribution is 0.415. The van der Waals surface area contributed by atoms with Crippen LogP contribution in [0.4, 0.5) is 0 Å². The number of H-pyrrole nitrogens is 1. The van der Waals surface area contributed by atoms with Gasteiger partial charge in [-0.2, -0.15) is 4.37 Å². The summed E-state index contributed by atoms with van der Waals surface area (Å²) in [6, 6.07) is 7.53. The highest BCUT2D eigenvalue weighted by Crippen LogP contribution is 2.29. The van der Waals surface area contributed by atoms with Gasteiger partial charge >= 0.3 is 0 Å². The van der Waals surface area contributed by atoms with Crippen molar-refractivity contribution in [2.24, 2.45) is 0 Å². The molecule has 3 aromatic rings. The zero-order valence-electron chi connectivity index (χ0n) is 9.51. The molecule has 0 aliphatic rings. The predicted octanol–water partition coefficient (Wildman–Crippen LogP) is 2.06. The van der Waals surface area contributed by atoms with E-state index >= 15 is 0 Å². The Morgan fingerprint density at radius 2 is 2.28 bits per heavy atom. The summed E-state index contributed by atoms with van der Waals surface area (Å²) in [6.07, 6.45) is 1.39. The number of aromatic amines is 1. The predicted molar refractivity (Wildman–Crippen MR) is 70.0 cm³/mol. The molecule has 0 radical (unpaired) electrons. The number of hydrogen-bond acceptors (Lipinski definition) is 5. The normalized spacial score (nSPS) is 10.7. The van der Waals surface area contributed by atoms with Crippen molar-refractivity contribution in [1.82, 2.24) is 14.3 Å². The molecule has 0 atom stereocenters. The van der Waals surface area contributed by atoms with Crippen molar-refractivity contribution in [2.75, 3.05) is 7.11 Å². The fourth-order valence-electron chi connectivity index (χ4n) is 1.73. The van der Waals surface area contributed by atoms with Crippen LogP contribution in [0.2, 0.25) is 0 Å². The van der Waals surface area contributed by atoms with Gasteiger partial charge < -0.3 is 9.72 Å². The van der Waals surface area contributed by atoms with Crippen molar-refractivity contribution >= 4 is 21.7 Å². The van der Waals surface area contributed by atoms with Crippen LogP contribution in [0, 0.1) is 0 Å².